The number of hydrogen-bond acceptors (Lipinski definition) is 3. The third-order valence-corrected chi connectivity index (χ3v) is 4.25. The van der Waals surface area contributed by atoms with Gasteiger partial charge in [-0.1, -0.05) is 40.9 Å². The van der Waals surface area contributed by atoms with Gasteiger partial charge < -0.3 is 14.8 Å². The van der Waals surface area contributed by atoms with Gasteiger partial charge in [0.05, 0.1) is 6.26 Å². The summed E-state index contributed by atoms with van der Waals surface area (Å²) in [7, 11) is 1.70. The zero-order valence-electron chi connectivity index (χ0n) is 10.5. The zero-order chi connectivity index (χ0) is 14.3. The van der Waals surface area contributed by atoms with Gasteiger partial charge in [-0.3, -0.25) is 0 Å². The van der Waals surface area contributed by atoms with Gasteiger partial charge in [0.25, 0.3) is 0 Å². The highest BCUT2D eigenvalue weighted by atomic mass is 35.6. The lowest BCUT2D eigenvalue weighted by Gasteiger charge is -2.39. The van der Waals surface area contributed by atoms with E-state index in [4.69, 9.17) is 39.2 Å². The summed E-state index contributed by atoms with van der Waals surface area (Å²) in [5.41, 5.74) is -0.423. The molecular weight excluding hydrogens is 309 g/mol. The van der Waals surface area contributed by atoms with Crippen molar-refractivity contribution in [2.24, 2.45) is 0 Å². The zero-order valence-corrected chi connectivity index (χ0v) is 12.7. The fourth-order valence-corrected chi connectivity index (χ4v) is 2.89. The summed E-state index contributed by atoms with van der Waals surface area (Å²) in [6, 6.07) is 6.54. The standard InChI is InChI=1S/C13H14Cl3NO2/c1-8(17-2)12(18,13(14,15)16)10-3-4-11-9(7-10)5-6-19-11/h3-8,17-18H,1-2H3. The first kappa shape index (κ1) is 14.9. The number of alkyl halides is 3. The lowest BCUT2D eigenvalue weighted by atomic mass is 9.88. The smallest absolute Gasteiger partial charge is 0.224 e. The molecule has 0 radical (unpaired) electrons. The summed E-state index contributed by atoms with van der Waals surface area (Å²) in [6.45, 7) is 1.75. The second kappa shape index (κ2) is 5.15. The molecule has 104 valence electrons. The molecule has 0 saturated heterocycles. The van der Waals surface area contributed by atoms with Crippen molar-refractivity contribution in [2.45, 2.75) is 22.4 Å². The molecule has 2 aromatic rings. The summed E-state index contributed by atoms with van der Waals surface area (Å²) >= 11 is 18.0. The number of benzene rings is 1. The Kier molecular flexibility index (Phi) is 4.05. The van der Waals surface area contributed by atoms with E-state index in [0.717, 1.165) is 5.39 Å². The van der Waals surface area contributed by atoms with Crippen LogP contribution >= 0.6 is 34.8 Å². The van der Waals surface area contributed by atoms with Gasteiger partial charge in [-0.25, -0.2) is 0 Å². The SMILES string of the molecule is CNC(C)C(O)(c1ccc2occc2c1)C(Cl)(Cl)Cl. The van der Waals surface area contributed by atoms with E-state index < -0.39 is 15.4 Å². The summed E-state index contributed by atoms with van der Waals surface area (Å²) < 4.78 is 3.39. The molecule has 2 rings (SSSR count). The Bertz CT molecular complexity index is 579. The molecule has 1 heterocycles. The third kappa shape index (κ3) is 2.46. The molecule has 0 amide bonds. The monoisotopic (exact) mass is 321 g/mol. The van der Waals surface area contributed by atoms with Gasteiger partial charge in [0.15, 0.2) is 5.60 Å². The second-order valence-electron chi connectivity index (χ2n) is 4.45. The van der Waals surface area contributed by atoms with Crippen molar-refractivity contribution in [2.75, 3.05) is 7.05 Å². The van der Waals surface area contributed by atoms with Crippen LogP contribution in [0.3, 0.4) is 0 Å². The van der Waals surface area contributed by atoms with Crippen LogP contribution < -0.4 is 5.32 Å². The van der Waals surface area contributed by atoms with Crippen molar-refractivity contribution in [1.29, 1.82) is 0 Å². The average molecular weight is 323 g/mol. The van der Waals surface area contributed by atoms with Gasteiger partial charge in [0.1, 0.15) is 5.58 Å². The van der Waals surface area contributed by atoms with Gasteiger partial charge in [0, 0.05) is 11.4 Å². The second-order valence-corrected chi connectivity index (χ2v) is 6.73. The highest BCUT2D eigenvalue weighted by Gasteiger charge is 2.52. The molecule has 2 unspecified atom stereocenters. The van der Waals surface area contributed by atoms with Crippen LogP contribution in [0.1, 0.15) is 12.5 Å². The molecule has 1 aromatic carbocycles. The van der Waals surface area contributed by atoms with Gasteiger partial charge in [0.2, 0.25) is 3.79 Å². The Morgan fingerprint density at radius 2 is 1.95 bits per heavy atom. The lowest BCUT2D eigenvalue weighted by molar-refractivity contribution is 0.00863. The minimum atomic E-state index is -1.87. The fourth-order valence-electron chi connectivity index (χ4n) is 2.07. The van der Waals surface area contributed by atoms with Crippen LogP contribution in [0.15, 0.2) is 34.9 Å². The molecule has 0 aliphatic rings. The van der Waals surface area contributed by atoms with Crippen molar-refractivity contribution in [3.05, 3.63) is 36.1 Å². The van der Waals surface area contributed by atoms with Crippen LogP contribution in [0.25, 0.3) is 11.0 Å². The number of nitrogens with one attached hydrogen (secondary N) is 1. The van der Waals surface area contributed by atoms with Crippen molar-refractivity contribution in [3.63, 3.8) is 0 Å². The van der Waals surface area contributed by atoms with E-state index in [-0.39, 0.29) is 0 Å². The Labute approximate surface area is 126 Å². The maximum Gasteiger partial charge on any atom is 0.224 e. The summed E-state index contributed by atoms with van der Waals surface area (Å²) in [5, 5.41) is 14.7. The highest BCUT2D eigenvalue weighted by molar-refractivity contribution is 6.68. The van der Waals surface area contributed by atoms with Crippen LogP contribution in [0.4, 0.5) is 0 Å². The molecule has 1 aromatic heterocycles. The van der Waals surface area contributed by atoms with E-state index in [1.54, 1.807) is 44.5 Å². The molecule has 0 spiro atoms. The van der Waals surface area contributed by atoms with Crippen molar-refractivity contribution >= 4 is 45.8 Å². The van der Waals surface area contributed by atoms with E-state index in [1.165, 1.54) is 0 Å². The van der Waals surface area contributed by atoms with Crippen LogP contribution in [-0.2, 0) is 5.60 Å². The number of halogens is 3. The predicted octanol–water partition coefficient (Wildman–Crippen LogP) is 3.60. The molecule has 19 heavy (non-hydrogen) atoms. The van der Waals surface area contributed by atoms with Gasteiger partial charge in [-0.05, 0) is 37.7 Å². The Morgan fingerprint density at radius 1 is 1.26 bits per heavy atom. The lowest BCUT2D eigenvalue weighted by Crippen LogP contribution is -2.53. The number of fused-ring (bicyclic) bond motifs is 1. The molecule has 2 atom stereocenters. The highest BCUT2D eigenvalue weighted by Crippen LogP contribution is 2.47. The third-order valence-electron chi connectivity index (χ3n) is 3.38. The maximum absolute atomic E-state index is 10.9. The fraction of sp³-hybridized carbons (Fsp3) is 0.385. The van der Waals surface area contributed by atoms with Crippen molar-refractivity contribution < 1.29 is 9.52 Å². The number of aliphatic hydroxyl groups is 1. The van der Waals surface area contributed by atoms with Crippen molar-refractivity contribution in [1.82, 2.24) is 5.32 Å². The Balaban J connectivity index is 2.60. The first-order valence-electron chi connectivity index (χ1n) is 5.75. The van der Waals surface area contributed by atoms with Crippen LogP contribution in [0.2, 0.25) is 0 Å². The van der Waals surface area contributed by atoms with Gasteiger partial charge in [-0.15, -0.1) is 0 Å². The quantitative estimate of drug-likeness (QED) is 0.849. The number of rotatable bonds is 3. The van der Waals surface area contributed by atoms with E-state index in [0.29, 0.717) is 11.1 Å². The van der Waals surface area contributed by atoms with E-state index in [9.17, 15) is 5.11 Å². The summed E-state index contributed by atoms with van der Waals surface area (Å²) in [5.74, 6) is 0. The molecule has 3 nitrogen and oxygen atoms in total. The van der Waals surface area contributed by atoms with E-state index >= 15 is 0 Å². The largest absolute Gasteiger partial charge is 0.464 e. The van der Waals surface area contributed by atoms with Crippen LogP contribution in [-0.4, -0.2) is 22.0 Å². The molecule has 6 heteroatoms. The first-order chi connectivity index (χ1) is 8.80. The van der Waals surface area contributed by atoms with Crippen molar-refractivity contribution in [3.8, 4) is 0 Å². The summed E-state index contributed by atoms with van der Waals surface area (Å²) in [6.07, 6.45) is 1.57. The van der Waals surface area contributed by atoms with Crippen LogP contribution in [0, 0.1) is 0 Å². The minimum absolute atomic E-state index is 0.454. The molecular formula is C13H14Cl3NO2. The molecule has 0 fully saturated rings. The molecule has 0 aliphatic carbocycles. The van der Waals surface area contributed by atoms with Gasteiger partial charge in [-0.2, -0.15) is 0 Å². The van der Waals surface area contributed by atoms with E-state index in [1.807, 2.05) is 0 Å². The van der Waals surface area contributed by atoms with Gasteiger partial charge >= 0.3 is 0 Å². The molecule has 0 bridgehead atoms. The van der Waals surface area contributed by atoms with Crippen LogP contribution in [0.5, 0.6) is 0 Å². The molecule has 0 aliphatic heterocycles. The first-order valence-corrected chi connectivity index (χ1v) is 6.88. The Morgan fingerprint density at radius 3 is 2.53 bits per heavy atom. The maximum atomic E-state index is 10.9. The topological polar surface area (TPSA) is 45.4 Å². The number of furan rings is 1. The normalized spacial score (nSPS) is 17.4. The van der Waals surface area contributed by atoms with E-state index in [2.05, 4.69) is 5.32 Å². The Hall–Kier alpha value is -0.450. The average Bonchev–Trinajstić information content (AvgIpc) is 2.82. The number of hydrogen-bond donors (Lipinski definition) is 2. The summed E-state index contributed by atoms with van der Waals surface area (Å²) in [4.78, 5) is 0. The predicted molar refractivity (Wildman–Crippen MR) is 78.9 cm³/mol. The number of likely N-dealkylation sites (N-methyl/N-ethyl adjacent to an activating group) is 1. The molecule has 2 N–H and O–H groups in total. The molecule has 0 saturated carbocycles. The minimum Gasteiger partial charge on any atom is -0.464 e.